The topological polar surface area (TPSA) is 61.9 Å². The summed E-state index contributed by atoms with van der Waals surface area (Å²) in [7, 11) is 0. The molecule has 3 atom stereocenters. The van der Waals surface area contributed by atoms with Gasteiger partial charge in [-0.1, -0.05) is 6.92 Å². The van der Waals surface area contributed by atoms with Crippen LogP contribution in [0.25, 0.3) is 0 Å². The van der Waals surface area contributed by atoms with Gasteiger partial charge in [0, 0.05) is 19.1 Å². The van der Waals surface area contributed by atoms with E-state index >= 15 is 0 Å². The monoisotopic (exact) mass is 281 g/mol. The van der Waals surface area contributed by atoms with E-state index in [-0.39, 0.29) is 30.5 Å². The van der Waals surface area contributed by atoms with Crippen LogP contribution in [0.1, 0.15) is 26.2 Å². The molecule has 1 N–H and O–H groups in total. The second-order valence-electron chi connectivity index (χ2n) is 5.99. The highest BCUT2D eigenvalue weighted by Gasteiger charge is 2.36. The van der Waals surface area contributed by atoms with Crippen molar-refractivity contribution in [1.82, 2.24) is 15.1 Å². The zero-order valence-electron chi connectivity index (χ0n) is 12.0. The fraction of sp³-hybridized carbons (Fsp3) is 0.857. The third-order valence-electron chi connectivity index (χ3n) is 4.57. The number of hydrogen-bond acceptors (Lipinski definition) is 4. The molecular weight excluding hydrogens is 258 g/mol. The van der Waals surface area contributed by atoms with Crippen molar-refractivity contribution in [1.29, 1.82) is 0 Å². The number of ether oxygens (including phenoxy) is 1. The summed E-state index contributed by atoms with van der Waals surface area (Å²) < 4.78 is 5.88. The quantitative estimate of drug-likeness (QED) is 0.764. The van der Waals surface area contributed by atoms with Gasteiger partial charge in [0.2, 0.25) is 11.8 Å². The summed E-state index contributed by atoms with van der Waals surface area (Å²) in [5, 5.41) is 2.74. The lowest BCUT2D eigenvalue weighted by molar-refractivity contribution is -0.147. The van der Waals surface area contributed by atoms with Crippen LogP contribution in [-0.2, 0) is 14.3 Å². The molecule has 3 saturated heterocycles. The number of nitrogens with one attached hydrogen (secondary N) is 1. The number of morpholine rings is 1. The van der Waals surface area contributed by atoms with Crippen LogP contribution < -0.4 is 5.32 Å². The molecule has 2 amide bonds. The first-order valence-electron chi connectivity index (χ1n) is 7.61. The van der Waals surface area contributed by atoms with Crippen molar-refractivity contribution in [2.75, 3.05) is 32.8 Å². The number of amides is 2. The smallest absolute Gasteiger partial charge is 0.245 e. The van der Waals surface area contributed by atoms with Gasteiger partial charge in [-0.25, -0.2) is 0 Å². The minimum atomic E-state index is -0.362. The van der Waals surface area contributed by atoms with Gasteiger partial charge in [0.25, 0.3) is 0 Å². The number of carbonyl (C=O) groups is 2. The third kappa shape index (κ3) is 2.67. The van der Waals surface area contributed by atoms with Crippen LogP contribution in [0.3, 0.4) is 0 Å². The van der Waals surface area contributed by atoms with E-state index in [0.29, 0.717) is 19.0 Å². The van der Waals surface area contributed by atoms with E-state index in [1.165, 1.54) is 12.8 Å². The molecule has 0 aromatic rings. The molecule has 6 heteroatoms. The fourth-order valence-electron chi connectivity index (χ4n) is 3.45. The summed E-state index contributed by atoms with van der Waals surface area (Å²) in [5.74, 6) is -0.0365. The van der Waals surface area contributed by atoms with Crippen molar-refractivity contribution in [3.63, 3.8) is 0 Å². The molecule has 20 heavy (non-hydrogen) atoms. The van der Waals surface area contributed by atoms with Gasteiger partial charge in [-0.2, -0.15) is 0 Å². The number of fused-ring (bicyclic) bond motifs is 1. The zero-order chi connectivity index (χ0) is 14.1. The average molecular weight is 281 g/mol. The Labute approximate surface area is 119 Å². The van der Waals surface area contributed by atoms with Gasteiger partial charge in [-0.3, -0.25) is 14.5 Å². The second-order valence-corrected chi connectivity index (χ2v) is 5.99. The summed E-state index contributed by atoms with van der Waals surface area (Å²) >= 11 is 0. The molecule has 0 bridgehead atoms. The first-order chi connectivity index (χ1) is 9.67. The van der Waals surface area contributed by atoms with Gasteiger partial charge in [0.1, 0.15) is 6.04 Å². The van der Waals surface area contributed by atoms with Crippen LogP contribution in [0, 0.1) is 0 Å². The Bertz CT molecular complexity index is 401. The zero-order valence-corrected chi connectivity index (χ0v) is 12.0. The van der Waals surface area contributed by atoms with Crippen molar-refractivity contribution in [2.24, 2.45) is 0 Å². The first-order valence-corrected chi connectivity index (χ1v) is 7.61. The molecule has 0 spiro atoms. The van der Waals surface area contributed by atoms with E-state index in [1.807, 2.05) is 6.92 Å². The maximum absolute atomic E-state index is 12.2. The Kier molecular flexibility index (Phi) is 3.94. The van der Waals surface area contributed by atoms with E-state index in [1.54, 1.807) is 4.90 Å². The minimum absolute atomic E-state index is 0.0271. The second kappa shape index (κ2) is 5.69. The number of rotatable bonds is 3. The number of piperazine rings is 1. The number of hydrogen-bond donors (Lipinski definition) is 1. The van der Waals surface area contributed by atoms with Crippen LogP contribution in [0.5, 0.6) is 0 Å². The molecule has 0 aliphatic carbocycles. The van der Waals surface area contributed by atoms with Gasteiger partial charge >= 0.3 is 0 Å². The first kappa shape index (κ1) is 13.8. The average Bonchev–Trinajstić information content (AvgIpc) is 2.90. The maximum Gasteiger partial charge on any atom is 0.245 e. The van der Waals surface area contributed by atoms with Crippen molar-refractivity contribution in [3.8, 4) is 0 Å². The molecule has 3 rings (SSSR count). The molecule has 0 aromatic heterocycles. The lowest BCUT2D eigenvalue weighted by Gasteiger charge is -2.39. The molecule has 0 aromatic carbocycles. The third-order valence-corrected chi connectivity index (χ3v) is 4.57. The van der Waals surface area contributed by atoms with Crippen LogP contribution in [0.15, 0.2) is 0 Å². The number of carbonyl (C=O) groups excluding carboxylic acids is 2. The van der Waals surface area contributed by atoms with Gasteiger partial charge in [0.15, 0.2) is 0 Å². The van der Waals surface area contributed by atoms with Gasteiger partial charge in [-0.15, -0.1) is 0 Å². The Morgan fingerprint density at radius 1 is 1.40 bits per heavy atom. The molecule has 3 unspecified atom stereocenters. The van der Waals surface area contributed by atoms with E-state index in [2.05, 4.69) is 10.2 Å². The van der Waals surface area contributed by atoms with Crippen molar-refractivity contribution >= 4 is 11.8 Å². The largest absolute Gasteiger partial charge is 0.373 e. The predicted octanol–water partition coefficient (Wildman–Crippen LogP) is -0.413. The minimum Gasteiger partial charge on any atom is -0.373 e. The van der Waals surface area contributed by atoms with E-state index in [0.717, 1.165) is 19.7 Å². The highest BCUT2D eigenvalue weighted by atomic mass is 16.5. The molecule has 3 aliphatic heterocycles. The SMILES string of the molecule is CCC1NC(=O)CN(CC2CN3CCCC3CO2)C1=O. The number of nitrogens with zero attached hydrogens (tertiary/aromatic N) is 2. The van der Waals surface area contributed by atoms with Gasteiger partial charge in [-0.05, 0) is 25.8 Å². The Morgan fingerprint density at radius 3 is 3.05 bits per heavy atom. The molecule has 0 radical (unpaired) electrons. The highest BCUT2D eigenvalue weighted by molar-refractivity contribution is 5.94. The molecule has 6 nitrogen and oxygen atoms in total. The van der Waals surface area contributed by atoms with Crippen LogP contribution >= 0.6 is 0 Å². The molecule has 3 fully saturated rings. The molecular formula is C14H23N3O3. The normalized spacial score (nSPS) is 35.0. The Morgan fingerprint density at radius 2 is 2.25 bits per heavy atom. The summed E-state index contributed by atoms with van der Waals surface area (Å²) in [5.41, 5.74) is 0. The van der Waals surface area contributed by atoms with Crippen molar-refractivity contribution in [3.05, 3.63) is 0 Å². The van der Waals surface area contributed by atoms with Gasteiger partial charge in [0.05, 0.1) is 19.3 Å². The van der Waals surface area contributed by atoms with Crippen molar-refractivity contribution < 1.29 is 14.3 Å². The standard InChI is InChI=1S/C14H23N3O3/c1-2-12-14(19)17(8-13(18)15-12)7-11-6-16-5-3-4-10(16)9-20-11/h10-12H,2-9H2,1H3,(H,15,18). The maximum atomic E-state index is 12.2. The molecule has 3 heterocycles. The fourth-order valence-corrected chi connectivity index (χ4v) is 3.45. The van der Waals surface area contributed by atoms with E-state index in [4.69, 9.17) is 4.74 Å². The summed E-state index contributed by atoms with van der Waals surface area (Å²) in [4.78, 5) is 28.0. The highest BCUT2D eigenvalue weighted by Crippen LogP contribution is 2.23. The van der Waals surface area contributed by atoms with E-state index in [9.17, 15) is 9.59 Å². The summed E-state index contributed by atoms with van der Waals surface area (Å²) in [6.07, 6.45) is 3.14. The van der Waals surface area contributed by atoms with Gasteiger partial charge < -0.3 is 15.0 Å². The lowest BCUT2D eigenvalue weighted by atomic mass is 10.1. The van der Waals surface area contributed by atoms with Crippen molar-refractivity contribution in [2.45, 2.75) is 44.4 Å². The molecule has 112 valence electrons. The summed E-state index contributed by atoms with van der Waals surface area (Å²) in [6.45, 7) is 5.39. The Hall–Kier alpha value is -1.14. The predicted molar refractivity (Wildman–Crippen MR) is 73.1 cm³/mol. The van der Waals surface area contributed by atoms with Crippen LogP contribution in [-0.4, -0.2) is 72.6 Å². The van der Waals surface area contributed by atoms with Crippen LogP contribution in [0.4, 0.5) is 0 Å². The molecule has 3 aliphatic rings. The lowest BCUT2D eigenvalue weighted by Crippen LogP contribution is -2.60. The molecule has 0 saturated carbocycles. The van der Waals surface area contributed by atoms with E-state index < -0.39 is 0 Å². The summed E-state index contributed by atoms with van der Waals surface area (Å²) in [6, 6.07) is 0.203. The van der Waals surface area contributed by atoms with Crippen LogP contribution in [0.2, 0.25) is 0 Å². The Balaban J connectivity index is 1.59.